The zero-order valence-electron chi connectivity index (χ0n) is 9.65. The van der Waals surface area contributed by atoms with Crippen molar-refractivity contribution in [3.05, 3.63) is 24.3 Å². The monoisotopic (exact) mass is 217 g/mol. The Labute approximate surface area is 97.0 Å². The second kappa shape index (κ2) is 4.34. The number of fused-ring (bicyclic) bond motifs is 1. The van der Waals surface area contributed by atoms with Gasteiger partial charge in [-0.05, 0) is 38.1 Å². The minimum absolute atomic E-state index is 0.965. The molecule has 1 N–H and O–H groups in total. The van der Waals surface area contributed by atoms with Gasteiger partial charge < -0.3 is 15.1 Å². The average Bonchev–Trinajstić information content (AvgIpc) is 2.96. The minimum atomic E-state index is 0.965. The summed E-state index contributed by atoms with van der Waals surface area (Å²) < 4.78 is 0. The molecular weight excluding hydrogens is 198 g/mol. The standard InChI is InChI=1S/C13H19N3/c1-2-6-13-12(5-1)14-11-16(13)10-9-15-7-3-4-8-15/h1-2,5-6,14H,3-4,7-11H2. The zero-order chi connectivity index (χ0) is 10.8. The summed E-state index contributed by atoms with van der Waals surface area (Å²) in [6, 6.07) is 8.58. The molecular formula is C13H19N3. The fraction of sp³-hybridized carbons (Fsp3) is 0.538. The molecule has 0 aliphatic carbocycles. The molecule has 1 saturated heterocycles. The summed E-state index contributed by atoms with van der Waals surface area (Å²) in [6.45, 7) is 5.90. The van der Waals surface area contributed by atoms with Crippen molar-refractivity contribution in [2.75, 3.05) is 43.1 Å². The van der Waals surface area contributed by atoms with Crippen LogP contribution in [0.25, 0.3) is 0 Å². The van der Waals surface area contributed by atoms with E-state index >= 15 is 0 Å². The van der Waals surface area contributed by atoms with Crippen LogP contribution in [-0.4, -0.2) is 37.7 Å². The normalized spacial score (nSPS) is 19.9. The highest BCUT2D eigenvalue weighted by atomic mass is 15.3. The van der Waals surface area contributed by atoms with Crippen LogP contribution in [0.1, 0.15) is 12.8 Å². The highest BCUT2D eigenvalue weighted by molar-refractivity contribution is 5.74. The lowest BCUT2D eigenvalue weighted by atomic mass is 10.2. The average molecular weight is 217 g/mol. The Kier molecular flexibility index (Phi) is 2.70. The number of likely N-dealkylation sites (tertiary alicyclic amines) is 1. The molecule has 0 aromatic heterocycles. The number of benzene rings is 1. The molecule has 0 atom stereocenters. The lowest BCUT2D eigenvalue weighted by molar-refractivity contribution is 0.346. The van der Waals surface area contributed by atoms with Gasteiger partial charge in [0.25, 0.3) is 0 Å². The first-order valence-electron chi connectivity index (χ1n) is 6.24. The molecule has 1 fully saturated rings. The lowest BCUT2D eigenvalue weighted by Gasteiger charge is -2.22. The van der Waals surface area contributed by atoms with Crippen molar-refractivity contribution in [3.63, 3.8) is 0 Å². The van der Waals surface area contributed by atoms with Gasteiger partial charge in [-0.3, -0.25) is 0 Å². The van der Waals surface area contributed by atoms with Gasteiger partial charge in [-0.1, -0.05) is 12.1 Å². The van der Waals surface area contributed by atoms with Gasteiger partial charge in [0.15, 0.2) is 0 Å². The fourth-order valence-corrected chi connectivity index (χ4v) is 2.63. The van der Waals surface area contributed by atoms with Crippen molar-refractivity contribution in [2.45, 2.75) is 12.8 Å². The summed E-state index contributed by atoms with van der Waals surface area (Å²) in [4.78, 5) is 5.01. The smallest absolute Gasteiger partial charge is 0.0878 e. The third-order valence-electron chi connectivity index (χ3n) is 3.59. The van der Waals surface area contributed by atoms with Crippen molar-refractivity contribution < 1.29 is 0 Å². The molecule has 0 saturated carbocycles. The maximum atomic E-state index is 3.43. The third kappa shape index (κ3) is 1.87. The quantitative estimate of drug-likeness (QED) is 0.835. The van der Waals surface area contributed by atoms with Gasteiger partial charge in [0.05, 0.1) is 18.0 Å². The van der Waals surface area contributed by atoms with Gasteiger partial charge in [0.2, 0.25) is 0 Å². The van der Waals surface area contributed by atoms with E-state index in [0.717, 1.165) is 13.2 Å². The molecule has 2 aliphatic rings. The predicted octanol–water partition coefficient (Wildman–Crippen LogP) is 1.97. The SMILES string of the molecule is c1ccc2c(c1)NCN2CCN1CCCC1. The van der Waals surface area contributed by atoms with E-state index in [9.17, 15) is 0 Å². The van der Waals surface area contributed by atoms with E-state index in [1.54, 1.807) is 0 Å². The highest BCUT2D eigenvalue weighted by Crippen LogP contribution is 2.30. The number of hydrogen-bond acceptors (Lipinski definition) is 3. The number of anilines is 2. The number of para-hydroxylation sites is 2. The van der Waals surface area contributed by atoms with E-state index in [0.29, 0.717) is 0 Å². The molecule has 3 rings (SSSR count). The molecule has 2 aliphatic heterocycles. The molecule has 0 radical (unpaired) electrons. The van der Waals surface area contributed by atoms with Crippen LogP contribution in [0.4, 0.5) is 11.4 Å². The first-order valence-corrected chi connectivity index (χ1v) is 6.24. The van der Waals surface area contributed by atoms with Crippen LogP contribution >= 0.6 is 0 Å². The van der Waals surface area contributed by atoms with Crippen LogP contribution in [0.15, 0.2) is 24.3 Å². The summed E-state index contributed by atoms with van der Waals surface area (Å²) in [5, 5.41) is 3.43. The van der Waals surface area contributed by atoms with Crippen molar-refractivity contribution in [1.82, 2.24) is 4.90 Å². The largest absolute Gasteiger partial charge is 0.366 e. The number of nitrogens with one attached hydrogen (secondary N) is 1. The van der Waals surface area contributed by atoms with Crippen molar-refractivity contribution in [2.24, 2.45) is 0 Å². The van der Waals surface area contributed by atoms with E-state index in [2.05, 4.69) is 39.4 Å². The van der Waals surface area contributed by atoms with E-state index < -0.39 is 0 Å². The molecule has 0 bridgehead atoms. The summed E-state index contributed by atoms with van der Waals surface area (Å²) >= 11 is 0. The van der Waals surface area contributed by atoms with E-state index in [-0.39, 0.29) is 0 Å². The van der Waals surface area contributed by atoms with Crippen LogP contribution in [0.2, 0.25) is 0 Å². The molecule has 86 valence electrons. The maximum Gasteiger partial charge on any atom is 0.0878 e. The third-order valence-corrected chi connectivity index (χ3v) is 3.59. The number of hydrogen-bond donors (Lipinski definition) is 1. The predicted molar refractivity (Wildman–Crippen MR) is 68.0 cm³/mol. The summed E-state index contributed by atoms with van der Waals surface area (Å²) in [6.07, 6.45) is 2.77. The Morgan fingerprint density at radius 2 is 1.88 bits per heavy atom. The molecule has 0 amide bonds. The molecule has 16 heavy (non-hydrogen) atoms. The molecule has 3 heteroatoms. The second-order valence-electron chi connectivity index (χ2n) is 4.66. The van der Waals surface area contributed by atoms with Crippen LogP contribution in [0, 0.1) is 0 Å². The van der Waals surface area contributed by atoms with E-state index in [4.69, 9.17) is 0 Å². The van der Waals surface area contributed by atoms with Gasteiger partial charge in [-0.2, -0.15) is 0 Å². The fourth-order valence-electron chi connectivity index (χ4n) is 2.63. The number of rotatable bonds is 3. The van der Waals surface area contributed by atoms with Crippen LogP contribution < -0.4 is 10.2 Å². The van der Waals surface area contributed by atoms with Crippen molar-refractivity contribution >= 4 is 11.4 Å². The molecule has 0 spiro atoms. The Balaban J connectivity index is 1.60. The van der Waals surface area contributed by atoms with E-state index in [1.165, 1.54) is 43.9 Å². The molecule has 1 aromatic carbocycles. The number of nitrogens with zero attached hydrogens (tertiary/aromatic N) is 2. The molecule has 3 nitrogen and oxygen atoms in total. The lowest BCUT2D eigenvalue weighted by Crippen LogP contribution is -2.33. The van der Waals surface area contributed by atoms with Crippen LogP contribution in [0.3, 0.4) is 0 Å². The first kappa shape index (κ1) is 9.97. The van der Waals surface area contributed by atoms with E-state index in [1.807, 2.05) is 0 Å². The summed E-state index contributed by atoms with van der Waals surface area (Å²) in [7, 11) is 0. The summed E-state index contributed by atoms with van der Waals surface area (Å²) in [5.74, 6) is 0. The van der Waals surface area contributed by atoms with Crippen LogP contribution in [0.5, 0.6) is 0 Å². The van der Waals surface area contributed by atoms with Gasteiger partial charge in [-0.15, -0.1) is 0 Å². The molecule has 0 unspecified atom stereocenters. The maximum absolute atomic E-state index is 3.43. The van der Waals surface area contributed by atoms with Crippen molar-refractivity contribution in [1.29, 1.82) is 0 Å². The van der Waals surface area contributed by atoms with Gasteiger partial charge in [0.1, 0.15) is 0 Å². The molecule has 1 aromatic rings. The van der Waals surface area contributed by atoms with Crippen molar-refractivity contribution in [3.8, 4) is 0 Å². The Hall–Kier alpha value is -1.22. The first-order chi connectivity index (χ1) is 7.93. The van der Waals surface area contributed by atoms with Crippen LogP contribution in [-0.2, 0) is 0 Å². The van der Waals surface area contributed by atoms with Gasteiger partial charge >= 0.3 is 0 Å². The summed E-state index contributed by atoms with van der Waals surface area (Å²) in [5.41, 5.74) is 2.64. The zero-order valence-corrected chi connectivity index (χ0v) is 9.65. The Morgan fingerprint density at radius 1 is 1.06 bits per heavy atom. The topological polar surface area (TPSA) is 18.5 Å². The second-order valence-corrected chi connectivity index (χ2v) is 4.66. The van der Waals surface area contributed by atoms with Gasteiger partial charge in [-0.25, -0.2) is 0 Å². The highest BCUT2D eigenvalue weighted by Gasteiger charge is 2.19. The molecule has 2 heterocycles. The Bertz CT molecular complexity index is 358. The minimum Gasteiger partial charge on any atom is -0.366 e. The Morgan fingerprint density at radius 3 is 2.75 bits per heavy atom. The van der Waals surface area contributed by atoms with Gasteiger partial charge in [0, 0.05) is 13.1 Å².